The van der Waals surface area contributed by atoms with Gasteiger partial charge in [0.1, 0.15) is 12.5 Å². The van der Waals surface area contributed by atoms with Gasteiger partial charge in [-0.3, -0.25) is 0 Å². The molecule has 0 fully saturated rings. The predicted octanol–water partition coefficient (Wildman–Crippen LogP) is 6.45. The second kappa shape index (κ2) is 17.1. The Bertz CT molecular complexity index is 345. The zero-order chi connectivity index (χ0) is 17.2. The Morgan fingerprint density at radius 3 is 1.52 bits per heavy atom. The maximum absolute atomic E-state index is 9.23. The van der Waals surface area contributed by atoms with Crippen molar-refractivity contribution in [3.05, 3.63) is 29.8 Å². The standard InChI is InChI=1S/C20H34O.CH2O/c1-2-3-4-5-6-7-8-9-10-11-12-13-14-19-15-17-20(21)18-16-19;1-2/h15-18,21H,2-14H2,1H3;1H2. The molecule has 1 N–H and O–H groups in total. The fraction of sp³-hybridized carbons (Fsp3) is 0.667. The van der Waals surface area contributed by atoms with Crippen molar-refractivity contribution in [2.24, 2.45) is 0 Å². The first-order chi connectivity index (χ1) is 11.3. The van der Waals surface area contributed by atoms with E-state index in [9.17, 15) is 5.11 Å². The van der Waals surface area contributed by atoms with Gasteiger partial charge in [0.2, 0.25) is 0 Å². The van der Waals surface area contributed by atoms with Gasteiger partial charge < -0.3 is 9.90 Å². The van der Waals surface area contributed by atoms with Crippen molar-refractivity contribution in [1.82, 2.24) is 0 Å². The molecule has 0 amide bonds. The molecule has 0 aliphatic carbocycles. The van der Waals surface area contributed by atoms with Gasteiger partial charge in [0, 0.05) is 0 Å². The highest BCUT2D eigenvalue weighted by atomic mass is 16.3. The highest BCUT2D eigenvalue weighted by molar-refractivity contribution is 5.25. The number of carbonyl (C=O) groups is 1. The van der Waals surface area contributed by atoms with E-state index in [0.717, 1.165) is 6.42 Å². The molecule has 0 atom stereocenters. The first kappa shape index (κ1) is 21.7. The van der Waals surface area contributed by atoms with Crippen molar-refractivity contribution in [2.45, 2.75) is 90.4 Å². The topological polar surface area (TPSA) is 37.3 Å². The van der Waals surface area contributed by atoms with Crippen LogP contribution >= 0.6 is 0 Å². The molecular weight excluding hydrogens is 284 g/mol. The normalized spacial score (nSPS) is 10.1. The van der Waals surface area contributed by atoms with Crippen molar-refractivity contribution >= 4 is 6.79 Å². The molecule has 0 aliphatic heterocycles. The summed E-state index contributed by atoms with van der Waals surface area (Å²) in [5.41, 5.74) is 1.35. The van der Waals surface area contributed by atoms with E-state index in [1.807, 2.05) is 18.9 Å². The molecule has 1 aromatic carbocycles. The average molecular weight is 321 g/mol. The molecule has 0 bridgehead atoms. The Labute approximate surface area is 143 Å². The van der Waals surface area contributed by atoms with Crippen LogP contribution in [0.25, 0.3) is 0 Å². The summed E-state index contributed by atoms with van der Waals surface area (Å²) in [4.78, 5) is 8.00. The lowest BCUT2D eigenvalue weighted by molar-refractivity contribution is -0.0979. The van der Waals surface area contributed by atoms with Gasteiger partial charge >= 0.3 is 0 Å². The summed E-state index contributed by atoms with van der Waals surface area (Å²) in [5.74, 6) is 0.369. The van der Waals surface area contributed by atoms with Gasteiger partial charge in [0.25, 0.3) is 0 Å². The van der Waals surface area contributed by atoms with Gasteiger partial charge in [-0.05, 0) is 30.5 Å². The highest BCUT2D eigenvalue weighted by Crippen LogP contribution is 2.14. The second-order valence-corrected chi connectivity index (χ2v) is 6.31. The third kappa shape index (κ3) is 14.0. The number of hydrogen-bond acceptors (Lipinski definition) is 2. The zero-order valence-corrected chi connectivity index (χ0v) is 15.1. The maximum Gasteiger partial charge on any atom is 0.115 e. The van der Waals surface area contributed by atoms with Gasteiger partial charge in [-0.2, -0.15) is 0 Å². The summed E-state index contributed by atoms with van der Waals surface area (Å²) in [6, 6.07) is 7.65. The van der Waals surface area contributed by atoms with E-state index in [4.69, 9.17) is 4.79 Å². The van der Waals surface area contributed by atoms with E-state index < -0.39 is 0 Å². The molecule has 0 heterocycles. The van der Waals surface area contributed by atoms with Crippen LogP contribution in [0.2, 0.25) is 0 Å². The number of phenolic OH excluding ortho intramolecular Hbond substituents is 1. The van der Waals surface area contributed by atoms with Crippen molar-refractivity contribution in [2.75, 3.05) is 0 Å². The van der Waals surface area contributed by atoms with E-state index in [2.05, 4.69) is 6.92 Å². The van der Waals surface area contributed by atoms with Crippen molar-refractivity contribution < 1.29 is 9.90 Å². The smallest absolute Gasteiger partial charge is 0.115 e. The molecule has 0 unspecified atom stereocenters. The molecule has 0 aliphatic rings. The number of benzene rings is 1. The lowest BCUT2D eigenvalue weighted by atomic mass is 10.0. The van der Waals surface area contributed by atoms with Crippen LogP contribution in [-0.4, -0.2) is 11.9 Å². The molecule has 2 nitrogen and oxygen atoms in total. The van der Waals surface area contributed by atoms with Crippen LogP contribution < -0.4 is 0 Å². The van der Waals surface area contributed by atoms with E-state index in [1.54, 1.807) is 12.1 Å². The van der Waals surface area contributed by atoms with Gasteiger partial charge in [0.15, 0.2) is 0 Å². The van der Waals surface area contributed by atoms with Crippen LogP contribution in [0.3, 0.4) is 0 Å². The summed E-state index contributed by atoms with van der Waals surface area (Å²) in [6.07, 6.45) is 18.0. The van der Waals surface area contributed by atoms with Gasteiger partial charge in [-0.1, -0.05) is 89.7 Å². The van der Waals surface area contributed by atoms with E-state index in [-0.39, 0.29) is 0 Å². The Morgan fingerprint density at radius 2 is 1.09 bits per heavy atom. The fourth-order valence-corrected chi connectivity index (χ4v) is 2.83. The molecule has 132 valence electrons. The molecule has 0 saturated carbocycles. The van der Waals surface area contributed by atoms with Crippen LogP contribution in [0, 0.1) is 0 Å². The van der Waals surface area contributed by atoms with Crippen LogP contribution in [0.15, 0.2) is 24.3 Å². The van der Waals surface area contributed by atoms with Gasteiger partial charge in [-0.15, -0.1) is 0 Å². The molecule has 0 aromatic heterocycles. The third-order valence-electron chi connectivity index (χ3n) is 4.26. The number of aromatic hydroxyl groups is 1. The summed E-state index contributed by atoms with van der Waals surface area (Å²) in [6.45, 7) is 4.28. The highest BCUT2D eigenvalue weighted by Gasteiger charge is 1.95. The largest absolute Gasteiger partial charge is 0.508 e. The summed E-state index contributed by atoms with van der Waals surface area (Å²) in [7, 11) is 0. The molecule has 1 aromatic rings. The molecule has 2 heteroatoms. The monoisotopic (exact) mass is 320 g/mol. The Hall–Kier alpha value is -1.31. The minimum absolute atomic E-state index is 0.369. The van der Waals surface area contributed by atoms with Gasteiger partial charge in [-0.25, -0.2) is 0 Å². The number of phenols is 1. The number of hydrogen-bond donors (Lipinski definition) is 1. The average Bonchev–Trinajstić information content (AvgIpc) is 2.59. The SMILES string of the molecule is C=O.CCCCCCCCCCCCCCc1ccc(O)cc1. The van der Waals surface area contributed by atoms with Crippen LogP contribution in [0.1, 0.15) is 89.5 Å². The minimum atomic E-state index is 0.369. The Morgan fingerprint density at radius 1 is 0.696 bits per heavy atom. The van der Waals surface area contributed by atoms with Crippen molar-refractivity contribution in [3.63, 3.8) is 0 Å². The number of rotatable bonds is 13. The first-order valence-corrected chi connectivity index (χ1v) is 9.39. The second-order valence-electron chi connectivity index (χ2n) is 6.31. The number of carbonyl (C=O) groups excluding carboxylic acids is 1. The Kier molecular flexibility index (Phi) is 16.1. The number of unbranched alkanes of at least 4 members (excludes halogenated alkanes) is 11. The fourth-order valence-electron chi connectivity index (χ4n) is 2.83. The van der Waals surface area contributed by atoms with Crippen LogP contribution in [-0.2, 0) is 11.2 Å². The summed E-state index contributed by atoms with van der Waals surface area (Å²) < 4.78 is 0. The van der Waals surface area contributed by atoms with E-state index in [0.29, 0.717) is 5.75 Å². The molecule has 0 spiro atoms. The molecular formula is C21H36O2. The quantitative estimate of drug-likeness (QED) is 0.424. The Balaban J connectivity index is 0.00000232. The van der Waals surface area contributed by atoms with Crippen molar-refractivity contribution in [3.8, 4) is 5.75 Å². The summed E-state index contributed by atoms with van der Waals surface area (Å²) in [5, 5.41) is 9.23. The molecule has 0 radical (unpaired) electrons. The maximum atomic E-state index is 9.23. The third-order valence-corrected chi connectivity index (χ3v) is 4.26. The van der Waals surface area contributed by atoms with Crippen LogP contribution in [0.4, 0.5) is 0 Å². The van der Waals surface area contributed by atoms with E-state index in [1.165, 1.54) is 82.6 Å². The minimum Gasteiger partial charge on any atom is -0.508 e. The zero-order valence-electron chi connectivity index (χ0n) is 15.1. The molecule has 0 saturated heterocycles. The van der Waals surface area contributed by atoms with Crippen LogP contribution in [0.5, 0.6) is 5.75 Å². The molecule has 23 heavy (non-hydrogen) atoms. The summed E-state index contributed by atoms with van der Waals surface area (Å²) >= 11 is 0. The number of aryl methyl sites for hydroxylation is 1. The molecule has 1 rings (SSSR count). The van der Waals surface area contributed by atoms with E-state index >= 15 is 0 Å². The van der Waals surface area contributed by atoms with Crippen molar-refractivity contribution in [1.29, 1.82) is 0 Å². The van der Waals surface area contributed by atoms with Gasteiger partial charge in [0.05, 0.1) is 0 Å². The first-order valence-electron chi connectivity index (χ1n) is 9.39. The predicted molar refractivity (Wildman–Crippen MR) is 100 cm³/mol. The lowest BCUT2D eigenvalue weighted by Crippen LogP contribution is -1.86. The lowest BCUT2D eigenvalue weighted by Gasteiger charge is -2.03.